The number of aromatic nitrogens is 3. The first kappa shape index (κ1) is 22.0. The van der Waals surface area contributed by atoms with Gasteiger partial charge in [-0.2, -0.15) is 18.2 Å². The lowest BCUT2D eigenvalue weighted by atomic mass is 10.1. The summed E-state index contributed by atoms with van der Waals surface area (Å²) < 4.78 is 42.2. The van der Waals surface area contributed by atoms with Crippen LogP contribution in [0.3, 0.4) is 0 Å². The summed E-state index contributed by atoms with van der Waals surface area (Å²) in [5, 5.41) is 9.55. The molecule has 6 nitrogen and oxygen atoms in total. The van der Waals surface area contributed by atoms with Gasteiger partial charge in [-0.15, -0.1) is 11.3 Å². The molecule has 0 saturated heterocycles. The van der Waals surface area contributed by atoms with Crippen molar-refractivity contribution in [2.75, 3.05) is 6.54 Å². The smallest absolute Gasteiger partial charge is 0.352 e. The van der Waals surface area contributed by atoms with Crippen molar-refractivity contribution in [2.45, 2.75) is 12.6 Å². The monoisotopic (exact) mass is 478 g/mol. The lowest BCUT2D eigenvalue weighted by Crippen LogP contribution is -2.25. The molecule has 32 heavy (non-hydrogen) atoms. The zero-order valence-electron chi connectivity index (χ0n) is 16.2. The number of nitrogens with one attached hydrogen (secondary N) is 1. The molecular formula is C21H14ClF3N4O2S. The second-order valence-electron chi connectivity index (χ2n) is 6.64. The first-order chi connectivity index (χ1) is 15.3. The second-order valence-corrected chi connectivity index (χ2v) is 8.02. The van der Waals surface area contributed by atoms with Crippen LogP contribution in [-0.2, 0) is 12.6 Å². The van der Waals surface area contributed by atoms with Crippen molar-refractivity contribution in [3.05, 3.63) is 75.4 Å². The van der Waals surface area contributed by atoms with Gasteiger partial charge in [0, 0.05) is 40.1 Å². The van der Waals surface area contributed by atoms with E-state index < -0.39 is 12.1 Å². The molecule has 0 atom stereocenters. The molecule has 0 unspecified atom stereocenters. The predicted octanol–water partition coefficient (Wildman–Crippen LogP) is 5.50. The van der Waals surface area contributed by atoms with Gasteiger partial charge in [-0.05, 0) is 24.3 Å². The number of nitrogens with zero attached hydrogens (tertiary/aromatic N) is 3. The van der Waals surface area contributed by atoms with Crippen molar-refractivity contribution in [3.63, 3.8) is 0 Å². The molecule has 164 valence electrons. The molecule has 2 aromatic heterocycles. The number of benzene rings is 2. The van der Waals surface area contributed by atoms with Gasteiger partial charge in [0.2, 0.25) is 5.82 Å². The highest BCUT2D eigenvalue weighted by atomic mass is 35.5. The van der Waals surface area contributed by atoms with Crippen LogP contribution in [-0.4, -0.2) is 27.6 Å². The lowest BCUT2D eigenvalue weighted by Gasteiger charge is -2.05. The van der Waals surface area contributed by atoms with E-state index >= 15 is 0 Å². The summed E-state index contributed by atoms with van der Waals surface area (Å²) in [7, 11) is 0. The third kappa shape index (κ3) is 5.14. The zero-order valence-corrected chi connectivity index (χ0v) is 17.8. The third-order valence-electron chi connectivity index (χ3n) is 4.37. The maximum atomic E-state index is 12.6. The molecule has 2 aromatic carbocycles. The number of carbonyl (C=O) groups is 1. The van der Waals surface area contributed by atoms with Gasteiger partial charge in [-0.1, -0.05) is 41.0 Å². The Morgan fingerprint density at radius 1 is 1.09 bits per heavy atom. The summed E-state index contributed by atoms with van der Waals surface area (Å²) in [5.41, 5.74) is 2.29. The van der Waals surface area contributed by atoms with Crippen molar-refractivity contribution < 1.29 is 22.5 Å². The highest BCUT2D eigenvalue weighted by Crippen LogP contribution is 2.29. The molecule has 1 N–H and O–H groups in total. The van der Waals surface area contributed by atoms with Crippen LogP contribution in [0.4, 0.5) is 13.2 Å². The predicted molar refractivity (Wildman–Crippen MR) is 113 cm³/mol. The minimum Gasteiger partial charge on any atom is -0.352 e. The van der Waals surface area contributed by atoms with Crippen LogP contribution >= 0.6 is 22.9 Å². The highest BCUT2D eigenvalue weighted by molar-refractivity contribution is 7.09. The number of amides is 1. The van der Waals surface area contributed by atoms with Crippen LogP contribution in [0, 0.1) is 0 Å². The number of thiazole rings is 1. The van der Waals surface area contributed by atoms with Gasteiger partial charge in [-0.25, -0.2) is 4.98 Å². The zero-order chi connectivity index (χ0) is 22.7. The van der Waals surface area contributed by atoms with Crippen molar-refractivity contribution in [1.82, 2.24) is 20.4 Å². The van der Waals surface area contributed by atoms with E-state index in [1.807, 2.05) is 17.5 Å². The Balaban J connectivity index is 1.36. The number of rotatable bonds is 6. The molecule has 0 fully saturated rings. The van der Waals surface area contributed by atoms with Crippen molar-refractivity contribution in [1.29, 1.82) is 0 Å². The Bertz CT molecular complexity index is 1240. The molecule has 0 aliphatic heterocycles. The van der Waals surface area contributed by atoms with Crippen LogP contribution in [0.25, 0.3) is 22.6 Å². The maximum absolute atomic E-state index is 12.6. The Morgan fingerprint density at radius 2 is 1.88 bits per heavy atom. The fourth-order valence-electron chi connectivity index (χ4n) is 2.82. The molecule has 2 heterocycles. The fourth-order valence-corrected chi connectivity index (χ4v) is 3.75. The number of hydrogen-bond acceptors (Lipinski definition) is 6. The molecule has 0 radical (unpaired) electrons. The average molecular weight is 479 g/mol. The van der Waals surface area contributed by atoms with Gasteiger partial charge in [0.1, 0.15) is 0 Å². The molecule has 0 saturated carbocycles. The van der Waals surface area contributed by atoms with Gasteiger partial charge in [0.25, 0.3) is 5.91 Å². The van der Waals surface area contributed by atoms with Crippen LogP contribution in [0.1, 0.15) is 21.3 Å². The normalized spacial score (nSPS) is 11.5. The molecule has 4 aromatic rings. The van der Waals surface area contributed by atoms with Gasteiger partial charge < -0.3 is 9.84 Å². The SMILES string of the molecule is O=C(NCCc1nc(-c2ccc(Cl)cc2)cs1)c1cccc(-c2noc(C(F)(F)F)n2)c1. The highest BCUT2D eigenvalue weighted by Gasteiger charge is 2.38. The fraction of sp³-hybridized carbons (Fsp3) is 0.143. The Kier molecular flexibility index (Phi) is 6.24. The summed E-state index contributed by atoms with van der Waals surface area (Å²) in [5.74, 6) is -2.06. The molecule has 0 spiro atoms. The van der Waals surface area contributed by atoms with Crippen molar-refractivity contribution in [3.8, 4) is 22.6 Å². The van der Waals surface area contributed by atoms with Crippen molar-refractivity contribution in [2.24, 2.45) is 0 Å². The number of carbonyl (C=O) groups excluding carboxylic acids is 1. The summed E-state index contributed by atoms with van der Waals surface area (Å²) in [4.78, 5) is 20.4. The van der Waals surface area contributed by atoms with Crippen LogP contribution in [0.15, 0.2) is 58.4 Å². The Hall–Kier alpha value is -3.24. The van der Waals surface area contributed by atoms with Crippen LogP contribution < -0.4 is 5.32 Å². The third-order valence-corrected chi connectivity index (χ3v) is 5.53. The van der Waals surface area contributed by atoms with E-state index in [-0.39, 0.29) is 22.9 Å². The Labute approximate surface area is 189 Å². The van der Waals surface area contributed by atoms with Crippen LogP contribution in [0.2, 0.25) is 5.02 Å². The molecule has 11 heteroatoms. The Morgan fingerprint density at radius 3 is 2.59 bits per heavy atom. The van der Waals surface area contributed by atoms with Crippen molar-refractivity contribution >= 4 is 28.8 Å². The molecule has 0 aliphatic carbocycles. The van der Waals surface area contributed by atoms with Gasteiger partial charge in [-0.3, -0.25) is 4.79 Å². The van der Waals surface area contributed by atoms with Crippen LogP contribution in [0.5, 0.6) is 0 Å². The number of alkyl halides is 3. The van der Waals surface area contributed by atoms with E-state index in [9.17, 15) is 18.0 Å². The maximum Gasteiger partial charge on any atom is 0.471 e. The summed E-state index contributed by atoms with van der Waals surface area (Å²) >= 11 is 7.39. The quantitative estimate of drug-likeness (QED) is 0.395. The van der Waals surface area contributed by atoms with E-state index in [1.165, 1.54) is 29.5 Å². The molecule has 1 amide bonds. The first-order valence-corrected chi connectivity index (χ1v) is 10.6. The minimum absolute atomic E-state index is 0.240. The molecule has 4 rings (SSSR count). The van der Waals surface area contributed by atoms with E-state index in [2.05, 4.69) is 25.0 Å². The lowest BCUT2D eigenvalue weighted by molar-refractivity contribution is -0.159. The largest absolute Gasteiger partial charge is 0.471 e. The van der Waals surface area contributed by atoms with Gasteiger partial charge in [0.05, 0.1) is 10.7 Å². The van der Waals surface area contributed by atoms with Gasteiger partial charge in [0.15, 0.2) is 0 Å². The summed E-state index contributed by atoms with van der Waals surface area (Å²) in [6.07, 6.45) is -4.20. The topological polar surface area (TPSA) is 80.9 Å². The molecule has 0 aliphatic rings. The van der Waals surface area contributed by atoms with E-state index in [0.29, 0.717) is 18.0 Å². The number of halogens is 4. The summed E-state index contributed by atoms with van der Waals surface area (Å²) in [6, 6.07) is 13.3. The minimum atomic E-state index is -4.73. The average Bonchev–Trinajstić information content (AvgIpc) is 3.44. The van der Waals surface area contributed by atoms with E-state index in [0.717, 1.165) is 16.3 Å². The number of hydrogen-bond donors (Lipinski definition) is 1. The summed E-state index contributed by atoms with van der Waals surface area (Å²) in [6.45, 7) is 0.344. The van der Waals surface area contributed by atoms with E-state index in [4.69, 9.17) is 11.6 Å². The standard InChI is InChI=1S/C21H14ClF3N4O2S/c22-15-6-4-12(5-7-15)16-11-32-17(27-16)8-9-26-19(30)14-3-1-2-13(10-14)18-28-20(31-29-18)21(23,24)25/h1-7,10-11H,8-9H2,(H,26,30). The first-order valence-electron chi connectivity index (χ1n) is 9.29. The second kappa shape index (κ2) is 9.09. The van der Waals surface area contributed by atoms with E-state index in [1.54, 1.807) is 18.2 Å². The molecule has 0 bridgehead atoms. The van der Waals surface area contributed by atoms with Gasteiger partial charge >= 0.3 is 12.1 Å². The molecular weight excluding hydrogens is 465 g/mol.